The van der Waals surface area contributed by atoms with Crippen LogP contribution >= 0.6 is 0 Å². The Hall–Kier alpha value is -0.860. The summed E-state index contributed by atoms with van der Waals surface area (Å²) < 4.78 is 45.0. The van der Waals surface area contributed by atoms with Gasteiger partial charge in [-0.1, -0.05) is 0 Å². The summed E-state index contributed by atoms with van der Waals surface area (Å²) in [4.78, 5) is 11.4. The molecule has 18 heavy (non-hydrogen) atoms. The van der Waals surface area contributed by atoms with E-state index in [0.717, 1.165) is 6.42 Å². The molecule has 1 heterocycles. The van der Waals surface area contributed by atoms with Crippen LogP contribution in [-0.4, -0.2) is 50.1 Å². The van der Waals surface area contributed by atoms with E-state index < -0.39 is 25.3 Å². The number of amides is 1. The Morgan fingerprint density at radius 2 is 2.22 bits per heavy atom. The highest BCUT2D eigenvalue weighted by atomic mass is 19.4. The average Bonchev–Trinajstić information content (AvgIpc) is 2.68. The molecule has 2 rings (SSSR count). The van der Waals surface area contributed by atoms with Crippen molar-refractivity contribution in [1.82, 2.24) is 5.32 Å². The zero-order chi connectivity index (χ0) is 13.3. The maximum atomic E-state index is 11.8. The second kappa shape index (κ2) is 5.02. The molecule has 0 bridgehead atoms. The quantitative estimate of drug-likeness (QED) is 0.740. The topological polar surface area (TPSA) is 73.6 Å². The summed E-state index contributed by atoms with van der Waals surface area (Å²) in [5.41, 5.74) is 5.84. The zero-order valence-electron chi connectivity index (χ0n) is 9.57. The molecule has 3 N–H and O–H groups in total. The van der Waals surface area contributed by atoms with Crippen LogP contribution in [0.1, 0.15) is 6.42 Å². The normalized spacial score (nSPS) is 34.9. The first-order chi connectivity index (χ1) is 8.38. The van der Waals surface area contributed by atoms with Crippen molar-refractivity contribution in [3.05, 3.63) is 0 Å². The van der Waals surface area contributed by atoms with Crippen LogP contribution in [0.5, 0.6) is 0 Å². The van der Waals surface area contributed by atoms with Gasteiger partial charge < -0.3 is 20.5 Å². The molecule has 2 aliphatic rings. The fraction of sp³-hybridized carbons (Fsp3) is 0.900. The SMILES string of the molecule is NC1C2CCOC2C1NC(=O)COCC(F)(F)F. The molecule has 104 valence electrons. The van der Waals surface area contributed by atoms with E-state index in [1.165, 1.54) is 0 Å². The van der Waals surface area contributed by atoms with Gasteiger partial charge in [0.1, 0.15) is 13.2 Å². The van der Waals surface area contributed by atoms with Crippen molar-refractivity contribution < 1.29 is 27.4 Å². The second-order valence-corrected chi connectivity index (χ2v) is 4.57. The maximum Gasteiger partial charge on any atom is 0.411 e. The molecule has 0 spiro atoms. The third kappa shape index (κ3) is 2.93. The lowest BCUT2D eigenvalue weighted by molar-refractivity contribution is -0.176. The van der Waals surface area contributed by atoms with Gasteiger partial charge in [0.05, 0.1) is 12.1 Å². The van der Waals surface area contributed by atoms with Gasteiger partial charge >= 0.3 is 6.18 Å². The van der Waals surface area contributed by atoms with Crippen LogP contribution in [-0.2, 0) is 14.3 Å². The molecular weight excluding hydrogens is 253 g/mol. The van der Waals surface area contributed by atoms with E-state index in [9.17, 15) is 18.0 Å². The second-order valence-electron chi connectivity index (χ2n) is 4.57. The Bertz CT molecular complexity index is 324. The molecule has 1 aliphatic heterocycles. The lowest BCUT2D eigenvalue weighted by Crippen LogP contribution is -2.69. The van der Waals surface area contributed by atoms with Crippen molar-refractivity contribution in [2.75, 3.05) is 19.8 Å². The van der Waals surface area contributed by atoms with Crippen LogP contribution in [0.3, 0.4) is 0 Å². The van der Waals surface area contributed by atoms with Crippen LogP contribution in [0.4, 0.5) is 13.2 Å². The van der Waals surface area contributed by atoms with Gasteiger partial charge in [-0.3, -0.25) is 4.79 Å². The summed E-state index contributed by atoms with van der Waals surface area (Å²) in [6, 6.07) is -0.511. The minimum Gasteiger partial charge on any atom is -0.376 e. The third-order valence-electron chi connectivity index (χ3n) is 3.27. The molecule has 8 heteroatoms. The molecule has 1 amide bonds. The summed E-state index contributed by atoms with van der Waals surface area (Å²) in [7, 11) is 0. The van der Waals surface area contributed by atoms with Gasteiger partial charge in [0.25, 0.3) is 0 Å². The van der Waals surface area contributed by atoms with Crippen molar-refractivity contribution in [1.29, 1.82) is 0 Å². The van der Waals surface area contributed by atoms with Crippen LogP contribution in [0, 0.1) is 5.92 Å². The molecule has 2 fully saturated rings. The summed E-state index contributed by atoms with van der Waals surface area (Å²) >= 11 is 0. The van der Waals surface area contributed by atoms with E-state index in [1.54, 1.807) is 0 Å². The zero-order valence-corrected chi connectivity index (χ0v) is 9.57. The molecule has 0 aromatic heterocycles. The highest BCUT2D eigenvalue weighted by Crippen LogP contribution is 2.37. The first-order valence-electron chi connectivity index (χ1n) is 5.69. The number of carbonyl (C=O) groups is 1. The van der Waals surface area contributed by atoms with E-state index >= 15 is 0 Å². The van der Waals surface area contributed by atoms with Crippen LogP contribution in [0.2, 0.25) is 0 Å². The molecule has 1 saturated heterocycles. The first-order valence-corrected chi connectivity index (χ1v) is 5.69. The molecule has 5 nitrogen and oxygen atoms in total. The van der Waals surface area contributed by atoms with Gasteiger partial charge in [0, 0.05) is 18.6 Å². The number of nitrogens with one attached hydrogen (secondary N) is 1. The Morgan fingerprint density at radius 1 is 1.50 bits per heavy atom. The lowest BCUT2D eigenvalue weighted by Gasteiger charge is -2.45. The van der Waals surface area contributed by atoms with Gasteiger partial charge in [0.2, 0.25) is 5.91 Å². The molecule has 1 saturated carbocycles. The molecular formula is C10H15F3N2O3. The number of hydrogen-bond donors (Lipinski definition) is 2. The smallest absolute Gasteiger partial charge is 0.376 e. The van der Waals surface area contributed by atoms with Gasteiger partial charge in [-0.25, -0.2) is 0 Å². The van der Waals surface area contributed by atoms with E-state index in [1.807, 2.05) is 0 Å². The number of fused-ring (bicyclic) bond motifs is 1. The molecule has 4 unspecified atom stereocenters. The number of halogens is 3. The van der Waals surface area contributed by atoms with Gasteiger partial charge in [-0.05, 0) is 6.42 Å². The number of hydrogen-bond acceptors (Lipinski definition) is 4. The van der Waals surface area contributed by atoms with Crippen LogP contribution in [0.25, 0.3) is 0 Å². The van der Waals surface area contributed by atoms with Crippen molar-refractivity contribution in [3.63, 3.8) is 0 Å². The molecule has 0 radical (unpaired) electrons. The number of ether oxygens (including phenoxy) is 2. The van der Waals surface area contributed by atoms with Gasteiger partial charge in [-0.2, -0.15) is 13.2 Å². The summed E-state index contributed by atoms with van der Waals surface area (Å²) in [5.74, 6) is -0.361. The fourth-order valence-corrected chi connectivity index (χ4v) is 2.41. The molecule has 4 atom stereocenters. The molecule has 0 aromatic rings. The number of alkyl halides is 3. The number of nitrogens with two attached hydrogens (primary N) is 1. The predicted molar refractivity (Wildman–Crippen MR) is 54.6 cm³/mol. The highest BCUT2D eigenvalue weighted by molar-refractivity contribution is 5.77. The van der Waals surface area contributed by atoms with Crippen molar-refractivity contribution in [2.45, 2.75) is 30.8 Å². The average molecular weight is 268 g/mol. The summed E-state index contributed by atoms with van der Waals surface area (Å²) in [5, 5.41) is 2.54. The monoisotopic (exact) mass is 268 g/mol. The Kier molecular flexibility index (Phi) is 3.79. The number of rotatable bonds is 4. The van der Waals surface area contributed by atoms with Crippen molar-refractivity contribution in [2.24, 2.45) is 11.7 Å². The fourth-order valence-electron chi connectivity index (χ4n) is 2.41. The molecule has 0 aromatic carbocycles. The van der Waals surface area contributed by atoms with E-state index in [2.05, 4.69) is 10.1 Å². The van der Waals surface area contributed by atoms with Crippen LogP contribution < -0.4 is 11.1 Å². The highest BCUT2D eigenvalue weighted by Gasteiger charge is 2.52. The Morgan fingerprint density at radius 3 is 2.89 bits per heavy atom. The van der Waals surface area contributed by atoms with Crippen molar-refractivity contribution >= 4 is 5.91 Å². The summed E-state index contributed by atoms with van der Waals surface area (Å²) in [6.07, 6.45) is -3.66. The van der Waals surface area contributed by atoms with Gasteiger partial charge in [0.15, 0.2) is 0 Å². The van der Waals surface area contributed by atoms with E-state index in [-0.39, 0.29) is 24.1 Å². The van der Waals surface area contributed by atoms with Gasteiger partial charge in [-0.15, -0.1) is 0 Å². The van der Waals surface area contributed by atoms with Crippen LogP contribution in [0.15, 0.2) is 0 Å². The largest absolute Gasteiger partial charge is 0.411 e. The van der Waals surface area contributed by atoms with E-state index in [4.69, 9.17) is 10.5 Å². The number of carbonyl (C=O) groups excluding carboxylic acids is 1. The Labute approximate surface area is 102 Å². The molecule has 1 aliphatic carbocycles. The minimum absolute atomic E-state index is 0.105. The Balaban J connectivity index is 1.69. The van der Waals surface area contributed by atoms with Crippen molar-refractivity contribution in [3.8, 4) is 0 Å². The standard InChI is InChI=1S/C10H15F3N2O3/c11-10(12,13)4-17-3-6(16)15-8-7(14)5-1-2-18-9(5)8/h5,7-9H,1-4,14H2,(H,15,16). The maximum absolute atomic E-state index is 11.8. The first kappa shape index (κ1) is 13.6. The van der Waals surface area contributed by atoms with E-state index in [0.29, 0.717) is 6.61 Å². The predicted octanol–water partition coefficient (Wildman–Crippen LogP) is -0.204. The third-order valence-corrected chi connectivity index (χ3v) is 3.27. The summed E-state index contributed by atoms with van der Waals surface area (Å²) in [6.45, 7) is -1.44. The lowest BCUT2D eigenvalue weighted by atomic mass is 9.72. The minimum atomic E-state index is -4.42.